The first kappa shape index (κ1) is 16.5. The summed E-state index contributed by atoms with van der Waals surface area (Å²) < 4.78 is 0. The Kier molecular flexibility index (Phi) is 5.56. The number of carbonyl (C=O) groups is 3. The van der Waals surface area contributed by atoms with Crippen molar-refractivity contribution in [1.29, 1.82) is 0 Å². The number of carbonyl (C=O) groups excluding carboxylic acids is 2. The maximum Gasteiger partial charge on any atom is 0.320 e. The van der Waals surface area contributed by atoms with Gasteiger partial charge in [0, 0.05) is 19.4 Å². The molecule has 1 saturated carbocycles. The van der Waals surface area contributed by atoms with Crippen LogP contribution in [0, 0.1) is 5.41 Å². The van der Waals surface area contributed by atoms with E-state index in [1.807, 2.05) is 13.8 Å². The lowest BCUT2D eigenvalue weighted by molar-refractivity contribution is -0.138. The van der Waals surface area contributed by atoms with Gasteiger partial charge < -0.3 is 10.8 Å². The minimum atomic E-state index is -1.02. The normalized spacial score (nSPS) is 19.9. The first-order chi connectivity index (χ1) is 9.23. The predicted octanol–water partition coefficient (Wildman–Crippen LogP) is 0.968. The van der Waals surface area contributed by atoms with E-state index >= 15 is 0 Å². The SMILES string of the molecule is CC1(C)CC(=O)C(=NCCCC[C@H](N)C(=O)O)C(=O)C1. The van der Waals surface area contributed by atoms with Crippen molar-refractivity contribution in [3.63, 3.8) is 0 Å². The van der Waals surface area contributed by atoms with Crippen molar-refractivity contribution in [2.24, 2.45) is 16.1 Å². The van der Waals surface area contributed by atoms with E-state index in [9.17, 15) is 14.4 Å². The van der Waals surface area contributed by atoms with Gasteiger partial charge in [-0.25, -0.2) is 0 Å². The summed E-state index contributed by atoms with van der Waals surface area (Å²) in [5.41, 5.74) is 5.17. The maximum atomic E-state index is 11.8. The molecule has 0 aromatic rings. The second kappa shape index (κ2) is 6.74. The molecule has 20 heavy (non-hydrogen) atoms. The van der Waals surface area contributed by atoms with Crippen molar-refractivity contribution in [2.75, 3.05) is 6.54 Å². The molecule has 0 saturated heterocycles. The number of carboxylic acids is 1. The molecule has 0 unspecified atom stereocenters. The molecule has 1 fully saturated rings. The molecule has 1 rings (SSSR count). The second-order valence-corrected chi connectivity index (χ2v) is 6.03. The van der Waals surface area contributed by atoms with E-state index in [4.69, 9.17) is 10.8 Å². The first-order valence-corrected chi connectivity index (χ1v) is 6.82. The fourth-order valence-corrected chi connectivity index (χ4v) is 2.22. The average molecular weight is 282 g/mol. The van der Waals surface area contributed by atoms with E-state index in [0.717, 1.165) is 0 Å². The third-order valence-corrected chi connectivity index (χ3v) is 3.32. The van der Waals surface area contributed by atoms with Gasteiger partial charge in [0.2, 0.25) is 0 Å². The van der Waals surface area contributed by atoms with Gasteiger partial charge in [-0.1, -0.05) is 13.8 Å². The number of unbranched alkanes of at least 4 members (excludes halogenated alkanes) is 1. The molecule has 0 aliphatic heterocycles. The summed E-state index contributed by atoms with van der Waals surface area (Å²) in [5, 5.41) is 8.62. The summed E-state index contributed by atoms with van der Waals surface area (Å²) in [4.78, 5) is 38.3. The van der Waals surface area contributed by atoms with Gasteiger partial charge in [-0.2, -0.15) is 0 Å². The lowest BCUT2D eigenvalue weighted by Crippen LogP contribution is -2.38. The predicted molar refractivity (Wildman–Crippen MR) is 74.8 cm³/mol. The van der Waals surface area contributed by atoms with E-state index in [1.54, 1.807) is 0 Å². The molecule has 0 heterocycles. The summed E-state index contributed by atoms with van der Waals surface area (Å²) in [5.74, 6) is -1.39. The zero-order valence-corrected chi connectivity index (χ0v) is 12.0. The fraction of sp³-hybridized carbons (Fsp3) is 0.714. The number of hydrogen-bond acceptors (Lipinski definition) is 5. The summed E-state index contributed by atoms with van der Waals surface area (Å²) in [6.45, 7) is 4.15. The Labute approximate surface area is 118 Å². The topological polar surface area (TPSA) is 110 Å². The van der Waals surface area contributed by atoms with Gasteiger partial charge in [0.15, 0.2) is 11.6 Å². The van der Waals surface area contributed by atoms with Gasteiger partial charge in [-0.15, -0.1) is 0 Å². The van der Waals surface area contributed by atoms with Crippen LogP contribution in [0.15, 0.2) is 4.99 Å². The van der Waals surface area contributed by atoms with Crippen molar-refractivity contribution in [1.82, 2.24) is 0 Å². The lowest BCUT2D eigenvalue weighted by Gasteiger charge is -2.27. The summed E-state index contributed by atoms with van der Waals surface area (Å²) >= 11 is 0. The summed E-state index contributed by atoms with van der Waals surface area (Å²) in [6, 6.07) is -0.860. The molecule has 0 radical (unpaired) electrons. The Morgan fingerprint density at radius 3 is 2.35 bits per heavy atom. The van der Waals surface area contributed by atoms with Gasteiger partial charge in [-0.3, -0.25) is 19.4 Å². The van der Waals surface area contributed by atoms with Crippen molar-refractivity contribution >= 4 is 23.2 Å². The van der Waals surface area contributed by atoms with Crippen LogP contribution in [0.2, 0.25) is 0 Å². The molecular weight excluding hydrogens is 260 g/mol. The lowest BCUT2D eigenvalue weighted by atomic mass is 9.75. The van der Waals surface area contributed by atoms with Crippen LogP contribution in [-0.4, -0.2) is 40.9 Å². The van der Waals surface area contributed by atoms with Gasteiger partial charge in [0.25, 0.3) is 0 Å². The highest BCUT2D eigenvalue weighted by atomic mass is 16.4. The number of carboxylic acid groups (broad SMARTS) is 1. The Morgan fingerprint density at radius 1 is 1.30 bits per heavy atom. The molecule has 0 aromatic heterocycles. The van der Waals surface area contributed by atoms with Crippen LogP contribution in [0.4, 0.5) is 0 Å². The molecule has 1 aliphatic carbocycles. The number of rotatable bonds is 6. The van der Waals surface area contributed by atoms with E-state index in [-0.39, 0.29) is 22.7 Å². The van der Waals surface area contributed by atoms with Crippen LogP contribution in [0.1, 0.15) is 46.0 Å². The third kappa shape index (κ3) is 4.85. The van der Waals surface area contributed by atoms with Crippen LogP contribution in [0.3, 0.4) is 0 Å². The quantitative estimate of drug-likeness (QED) is 0.705. The highest BCUT2D eigenvalue weighted by molar-refractivity contribution is 6.67. The van der Waals surface area contributed by atoms with Gasteiger partial charge >= 0.3 is 5.97 Å². The number of aliphatic imine (C=N–C) groups is 1. The second-order valence-electron chi connectivity index (χ2n) is 6.03. The van der Waals surface area contributed by atoms with Crippen LogP contribution < -0.4 is 5.73 Å². The van der Waals surface area contributed by atoms with Gasteiger partial charge in [0.1, 0.15) is 11.8 Å². The number of nitrogens with two attached hydrogens (primary N) is 1. The van der Waals surface area contributed by atoms with Crippen LogP contribution in [-0.2, 0) is 14.4 Å². The van der Waals surface area contributed by atoms with Crippen molar-refractivity contribution in [3.8, 4) is 0 Å². The van der Waals surface area contributed by atoms with Crippen molar-refractivity contribution in [3.05, 3.63) is 0 Å². The smallest absolute Gasteiger partial charge is 0.320 e. The number of nitrogens with zero attached hydrogens (tertiary/aromatic N) is 1. The molecule has 112 valence electrons. The number of aliphatic carboxylic acids is 1. The van der Waals surface area contributed by atoms with Crippen LogP contribution in [0.5, 0.6) is 0 Å². The van der Waals surface area contributed by atoms with Crippen molar-refractivity contribution < 1.29 is 19.5 Å². The molecule has 6 nitrogen and oxygen atoms in total. The van der Waals surface area contributed by atoms with Crippen molar-refractivity contribution in [2.45, 2.75) is 52.0 Å². The average Bonchev–Trinajstić information content (AvgIpc) is 2.29. The molecule has 6 heteroatoms. The Morgan fingerprint density at radius 2 is 1.85 bits per heavy atom. The van der Waals surface area contributed by atoms with E-state index in [0.29, 0.717) is 38.6 Å². The number of hydrogen-bond donors (Lipinski definition) is 2. The van der Waals surface area contributed by atoms with E-state index in [1.165, 1.54) is 0 Å². The maximum absolute atomic E-state index is 11.8. The minimum Gasteiger partial charge on any atom is -0.480 e. The Bertz CT molecular complexity index is 418. The zero-order chi connectivity index (χ0) is 15.3. The first-order valence-electron chi connectivity index (χ1n) is 6.82. The molecule has 1 aliphatic rings. The molecule has 0 aromatic carbocycles. The Balaban J connectivity index is 2.41. The van der Waals surface area contributed by atoms with Crippen LogP contribution >= 0.6 is 0 Å². The summed E-state index contributed by atoms with van der Waals surface area (Å²) in [7, 11) is 0. The molecule has 1 atom stereocenters. The highest BCUT2D eigenvalue weighted by Crippen LogP contribution is 2.30. The zero-order valence-electron chi connectivity index (χ0n) is 12.0. The van der Waals surface area contributed by atoms with Gasteiger partial charge in [0.05, 0.1) is 0 Å². The monoisotopic (exact) mass is 282 g/mol. The number of Topliss-reactive ketones (excluding diaryl/α,β-unsaturated/α-hetero) is 2. The molecule has 0 amide bonds. The molecular formula is C14H22N2O4. The van der Waals surface area contributed by atoms with Gasteiger partial charge in [-0.05, 0) is 24.7 Å². The Hall–Kier alpha value is -1.56. The van der Waals surface area contributed by atoms with E-state index in [2.05, 4.69) is 4.99 Å². The minimum absolute atomic E-state index is 0.0758. The molecule has 3 N–H and O–H groups in total. The summed E-state index contributed by atoms with van der Waals surface area (Å²) in [6.07, 6.45) is 2.30. The number of ketones is 2. The highest BCUT2D eigenvalue weighted by Gasteiger charge is 2.36. The largest absolute Gasteiger partial charge is 0.480 e. The molecule has 0 spiro atoms. The molecule has 0 bridgehead atoms. The van der Waals surface area contributed by atoms with Crippen LogP contribution in [0.25, 0.3) is 0 Å². The third-order valence-electron chi connectivity index (χ3n) is 3.32. The van der Waals surface area contributed by atoms with E-state index < -0.39 is 12.0 Å². The standard InChI is InChI=1S/C14H22N2O4/c1-14(2)7-10(17)12(11(18)8-14)16-6-4-3-5-9(15)13(19)20/h9H,3-8,15H2,1-2H3,(H,19,20)/t9-/m0/s1. The fourth-order valence-electron chi connectivity index (χ4n) is 2.22.